The van der Waals surface area contributed by atoms with Crippen LogP contribution in [0, 0.1) is 19.8 Å². The Balaban J connectivity index is 1.52. The van der Waals surface area contributed by atoms with Crippen LogP contribution in [0.25, 0.3) is 0 Å². The largest absolute Gasteiger partial charge is 0.504 e. The number of esters is 1. The van der Waals surface area contributed by atoms with E-state index in [1.807, 2.05) is 31.7 Å². The molecular weight excluding hydrogens is 618 g/mol. The van der Waals surface area contributed by atoms with Crippen molar-refractivity contribution in [2.75, 3.05) is 27.0 Å². The van der Waals surface area contributed by atoms with Gasteiger partial charge in [-0.05, 0) is 57.4 Å². The highest BCUT2D eigenvalue weighted by atomic mass is 16.7. The van der Waals surface area contributed by atoms with Crippen LogP contribution in [0.5, 0.6) is 28.7 Å². The number of carbonyl (C=O) groups excluding carboxylic acids is 3. The van der Waals surface area contributed by atoms with Gasteiger partial charge in [-0.1, -0.05) is 26.0 Å². The summed E-state index contributed by atoms with van der Waals surface area (Å²) in [6.45, 7) is 11.2. The van der Waals surface area contributed by atoms with Gasteiger partial charge in [0.15, 0.2) is 28.8 Å². The number of aliphatic hydroxyl groups excluding tert-OH is 1. The van der Waals surface area contributed by atoms with Crippen molar-refractivity contribution in [1.29, 1.82) is 0 Å². The summed E-state index contributed by atoms with van der Waals surface area (Å²) in [5.74, 6) is 0.256. The van der Waals surface area contributed by atoms with Crippen LogP contribution in [-0.2, 0) is 27.2 Å². The summed E-state index contributed by atoms with van der Waals surface area (Å²) in [6, 6.07) is 0.269. The van der Waals surface area contributed by atoms with Crippen LogP contribution in [0.2, 0.25) is 0 Å². The normalized spacial score (nSPS) is 24.8. The molecule has 2 aromatic rings. The third-order valence-electron chi connectivity index (χ3n) is 10.3. The van der Waals surface area contributed by atoms with Crippen molar-refractivity contribution in [3.05, 3.63) is 51.6 Å². The summed E-state index contributed by atoms with van der Waals surface area (Å²) >= 11 is 0. The van der Waals surface area contributed by atoms with Crippen molar-refractivity contribution in [1.82, 2.24) is 15.1 Å². The van der Waals surface area contributed by atoms with Gasteiger partial charge in [-0.15, -0.1) is 0 Å². The molecule has 0 aliphatic carbocycles. The summed E-state index contributed by atoms with van der Waals surface area (Å²) in [6.07, 6.45) is 3.03. The number of allylic oxidation sites excluding steroid dienone is 2. The van der Waals surface area contributed by atoms with Crippen LogP contribution in [-0.4, -0.2) is 83.0 Å². The molecular formula is C36H45N3O9. The van der Waals surface area contributed by atoms with Gasteiger partial charge < -0.3 is 34.5 Å². The van der Waals surface area contributed by atoms with E-state index in [1.54, 1.807) is 19.9 Å². The lowest BCUT2D eigenvalue weighted by Gasteiger charge is -2.60. The van der Waals surface area contributed by atoms with Gasteiger partial charge in [-0.2, -0.15) is 0 Å². The number of ketones is 1. The van der Waals surface area contributed by atoms with Crippen molar-refractivity contribution >= 4 is 17.7 Å². The van der Waals surface area contributed by atoms with E-state index in [0.29, 0.717) is 53.5 Å². The number of methoxy groups -OCH3 is 1. The highest BCUT2D eigenvalue weighted by Crippen LogP contribution is 2.58. The standard InChI is InChI=1S/C36H45N3O9/c1-8-10-22(41)12-18(4)35(43)37-15-26-28-23(32(48-20(6)40)19(5)33-34(28)47-16-46-33)14-24-29-27-21(11-17(3)31(45-7)30(27)42)13-25(38(29)9-2)36(44)39(24)26/h8,10-11,18,24-26,29,36,42,44H,9,12-16H2,1-7H3,(H,37,43)/b10-8+/t18-,24?,25+,26+,29+,36+/m1/s1. The number of likely N-dealkylation sites (N-methyl/N-ethyl adjacent to an activating group) is 1. The van der Waals surface area contributed by atoms with E-state index in [4.69, 9.17) is 18.9 Å². The van der Waals surface area contributed by atoms with Crippen LogP contribution >= 0.6 is 0 Å². The Bertz CT molecular complexity index is 1690. The van der Waals surface area contributed by atoms with Gasteiger partial charge in [0.2, 0.25) is 12.7 Å². The summed E-state index contributed by atoms with van der Waals surface area (Å²) in [5.41, 5.74) is 4.50. The van der Waals surface area contributed by atoms with Gasteiger partial charge in [-0.25, -0.2) is 0 Å². The van der Waals surface area contributed by atoms with E-state index in [-0.39, 0.29) is 49.3 Å². The average molecular weight is 664 g/mol. The number of aromatic hydroxyl groups is 1. The predicted molar refractivity (Wildman–Crippen MR) is 175 cm³/mol. The minimum Gasteiger partial charge on any atom is -0.504 e. The zero-order valence-corrected chi connectivity index (χ0v) is 28.6. The molecule has 4 aliphatic rings. The molecule has 2 aromatic carbocycles. The second kappa shape index (κ2) is 13.1. The number of phenolic OH excluding ortho intramolecular Hbond substituents is 1. The Morgan fingerprint density at radius 1 is 1.12 bits per heavy atom. The molecule has 3 N–H and O–H groups in total. The summed E-state index contributed by atoms with van der Waals surface area (Å²) in [4.78, 5) is 42.5. The maximum Gasteiger partial charge on any atom is 0.308 e. The number of aliphatic hydroxyl groups is 1. The van der Waals surface area contributed by atoms with Gasteiger partial charge in [-0.3, -0.25) is 24.2 Å². The smallest absolute Gasteiger partial charge is 0.308 e. The number of nitrogens with one attached hydrogen (secondary N) is 1. The molecule has 1 unspecified atom stereocenters. The third-order valence-corrected chi connectivity index (χ3v) is 10.3. The van der Waals surface area contributed by atoms with Crippen molar-refractivity contribution in [2.24, 2.45) is 5.92 Å². The fourth-order valence-corrected chi connectivity index (χ4v) is 8.42. The summed E-state index contributed by atoms with van der Waals surface area (Å²) in [7, 11) is 1.54. The third kappa shape index (κ3) is 5.39. The van der Waals surface area contributed by atoms with E-state index in [0.717, 1.165) is 22.3 Å². The lowest BCUT2D eigenvalue weighted by molar-refractivity contribution is -0.177. The Hall–Kier alpha value is -4.13. The lowest BCUT2D eigenvalue weighted by Crippen LogP contribution is -2.70. The minimum atomic E-state index is -0.968. The monoisotopic (exact) mass is 663 g/mol. The van der Waals surface area contributed by atoms with Gasteiger partial charge in [0, 0.05) is 54.1 Å². The van der Waals surface area contributed by atoms with Gasteiger partial charge in [0.25, 0.3) is 0 Å². The highest BCUT2D eigenvalue weighted by molar-refractivity contribution is 5.93. The Kier molecular flexibility index (Phi) is 9.18. The molecule has 1 fully saturated rings. The molecule has 0 radical (unpaired) electrons. The van der Waals surface area contributed by atoms with Crippen molar-refractivity contribution < 1.29 is 43.5 Å². The van der Waals surface area contributed by atoms with Crippen LogP contribution in [0.3, 0.4) is 0 Å². The number of ether oxygens (including phenoxy) is 4. The first-order valence-corrected chi connectivity index (χ1v) is 16.6. The number of amides is 1. The van der Waals surface area contributed by atoms with Gasteiger partial charge >= 0.3 is 5.97 Å². The van der Waals surface area contributed by atoms with Gasteiger partial charge in [0.1, 0.15) is 12.0 Å². The first-order valence-electron chi connectivity index (χ1n) is 16.6. The van der Waals surface area contributed by atoms with Crippen molar-refractivity contribution in [3.8, 4) is 28.7 Å². The van der Waals surface area contributed by atoms with Crippen LogP contribution in [0.15, 0.2) is 18.2 Å². The fourth-order valence-electron chi connectivity index (χ4n) is 8.42. The highest BCUT2D eigenvalue weighted by Gasteiger charge is 2.57. The second-order valence-corrected chi connectivity index (χ2v) is 13.2. The molecule has 6 atom stereocenters. The number of hydrogen-bond donors (Lipinski definition) is 3. The first kappa shape index (κ1) is 33.8. The van der Waals surface area contributed by atoms with E-state index in [9.17, 15) is 24.6 Å². The number of rotatable bonds is 9. The van der Waals surface area contributed by atoms with E-state index in [1.165, 1.54) is 20.1 Å². The van der Waals surface area contributed by atoms with Crippen LogP contribution in [0.1, 0.15) is 79.6 Å². The summed E-state index contributed by atoms with van der Waals surface area (Å²) < 4.78 is 23.5. The van der Waals surface area contributed by atoms with E-state index >= 15 is 0 Å². The zero-order valence-electron chi connectivity index (χ0n) is 28.6. The Morgan fingerprint density at radius 3 is 2.52 bits per heavy atom. The van der Waals surface area contributed by atoms with Gasteiger partial charge in [0.05, 0.1) is 25.2 Å². The molecule has 6 rings (SSSR count). The average Bonchev–Trinajstić information content (AvgIpc) is 3.53. The molecule has 0 aromatic heterocycles. The number of fused-ring (bicyclic) bond motifs is 9. The molecule has 4 heterocycles. The Labute approximate surface area is 280 Å². The molecule has 12 heteroatoms. The number of benzene rings is 2. The van der Waals surface area contributed by atoms with E-state index < -0.39 is 30.2 Å². The maximum absolute atomic E-state index is 13.4. The van der Waals surface area contributed by atoms with Crippen LogP contribution < -0.4 is 24.3 Å². The number of hydrogen-bond acceptors (Lipinski definition) is 11. The molecule has 1 amide bonds. The molecule has 2 bridgehead atoms. The topological polar surface area (TPSA) is 147 Å². The number of carbonyl (C=O) groups is 3. The minimum absolute atomic E-state index is 0.0312. The first-order chi connectivity index (χ1) is 22.9. The number of nitrogens with zero attached hydrogens (tertiary/aromatic N) is 2. The maximum atomic E-state index is 13.4. The molecule has 48 heavy (non-hydrogen) atoms. The number of piperazine rings is 1. The molecule has 0 spiro atoms. The van der Waals surface area contributed by atoms with E-state index in [2.05, 4.69) is 10.2 Å². The second-order valence-electron chi connectivity index (χ2n) is 13.2. The molecule has 258 valence electrons. The van der Waals surface area contributed by atoms with Crippen molar-refractivity contribution in [2.45, 2.75) is 91.2 Å². The van der Waals surface area contributed by atoms with Crippen molar-refractivity contribution in [3.63, 3.8) is 0 Å². The molecule has 0 saturated carbocycles. The predicted octanol–water partition coefficient (Wildman–Crippen LogP) is 3.55. The van der Waals surface area contributed by atoms with Crippen LogP contribution in [0.4, 0.5) is 0 Å². The lowest BCUT2D eigenvalue weighted by atomic mass is 9.73. The number of phenols is 1. The zero-order chi connectivity index (χ0) is 34.6. The molecule has 1 saturated heterocycles. The number of aryl methyl sites for hydroxylation is 1. The quantitative estimate of drug-likeness (QED) is 0.206. The fraction of sp³-hybridized carbons (Fsp3) is 0.528. The molecule has 12 nitrogen and oxygen atoms in total. The molecule has 4 aliphatic heterocycles. The SMILES string of the molecule is C/C=C/C(=O)C[C@@H](C)C(=O)NC[C@H]1c2c(c(OC(C)=O)c(C)c3c2OCO3)CC2[C@H]3c4c(cc(C)c(OC)c4O)C[C@@H]([C@H](O)N21)N3CC. The Morgan fingerprint density at radius 2 is 1.85 bits per heavy atom. The summed E-state index contributed by atoms with van der Waals surface area (Å²) in [5, 5.41) is 27.1.